The van der Waals surface area contributed by atoms with Crippen LogP contribution >= 0.6 is 0 Å². The van der Waals surface area contributed by atoms with Crippen LogP contribution in [0.15, 0.2) is 78.8 Å². The number of carboxylic acid groups (broad SMARTS) is 1. The van der Waals surface area contributed by atoms with Gasteiger partial charge in [0.15, 0.2) is 0 Å². The van der Waals surface area contributed by atoms with Gasteiger partial charge in [-0.1, -0.05) is 114 Å². The number of rotatable bonds is 7. The van der Waals surface area contributed by atoms with E-state index in [0.717, 1.165) is 72.1 Å². The topological polar surface area (TPSA) is 249 Å². The van der Waals surface area contributed by atoms with Crippen LogP contribution in [0.3, 0.4) is 0 Å². The number of para-hydroxylation sites is 4. The van der Waals surface area contributed by atoms with E-state index < -0.39 is 30.1 Å². The Labute approximate surface area is 654 Å². The molecule has 19 aliphatic rings. The molecule has 3 saturated heterocycles. The molecule has 20 nitrogen and oxygen atoms in total. The molecule has 12 aliphatic carbocycles. The van der Waals surface area contributed by atoms with Crippen LogP contribution in [-0.2, 0) is 42.1 Å². The van der Waals surface area contributed by atoms with Gasteiger partial charge in [0.05, 0.1) is 46.4 Å². The maximum absolute atomic E-state index is 12.4. The molecule has 9 unspecified atom stereocenters. The van der Waals surface area contributed by atoms with Crippen molar-refractivity contribution < 1.29 is 154 Å². The summed E-state index contributed by atoms with van der Waals surface area (Å²) in [6.07, 6.45) is 12.2. The summed E-state index contributed by atoms with van der Waals surface area (Å²) in [4.78, 5) is 48.0. The molecule has 7 aliphatic heterocycles. The van der Waals surface area contributed by atoms with Crippen molar-refractivity contribution in [2.75, 3.05) is 0 Å². The Morgan fingerprint density at radius 2 is 0.837 bits per heavy atom. The zero-order valence-corrected chi connectivity index (χ0v) is 67.2. The number of cyclic esters (lactones) is 3. The molecule has 0 spiro atoms. The molecule has 540 valence electrons. The molecular weight excluding hydrogens is 1350 g/mol. The first-order valence-corrected chi connectivity index (χ1v) is 37.3. The van der Waals surface area contributed by atoms with Gasteiger partial charge in [-0.2, -0.15) is 0 Å². The quantitative estimate of drug-likeness (QED) is 0.0902. The molecule has 0 amide bonds. The number of esters is 3. The largest absolute Gasteiger partial charge is 1.00 e. The normalized spacial score (nSPS) is 38.3. The van der Waals surface area contributed by atoms with E-state index in [4.69, 9.17) is 66.1 Å². The molecule has 26 heteroatoms. The third kappa shape index (κ3) is 12.1. The molecule has 4 aromatic carbocycles. The first-order chi connectivity index (χ1) is 47.8. The Balaban J connectivity index is 0.000000113. The third-order valence-corrected chi connectivity index (χ3v) is 27.7. The summed E-state index contributed by atoms with van der Waals surface area (Å²) >= 11 is 0. The minimum atomic E-state index is -2.90. The number of hydrogen-bond acceptors (Lipinski definition) is 19. The van der Waals surface area contributed by atoms with Gasteiger partial charge in [-0.3, -0.25) is 0 Å². The Hall–Kier alpha value is -4.36. The number of carbonyl (C=O) groups excluding carboxylic acids is 3. The van der Waals surface area contributed by atoms with Crippen LogP contribution < -0.4 is 78.0 Å². The average molecular weight is 1440 g/mol. The average Bonchev–Trinajstić information content (AvgIpc) is 1.34. The van der Waals surface area contributed by atoms with E-state index in [1.54, 1.807) is 71.9 Å². The van der Waals surface area contributed by atoms with E-state index in [2.05, 4.69) is 74.4 Å². The molecule has 15 fully saturated rings. The van der Waals surface area contributed by atoms with E-state index in [0.29, 0.717) is 97.8 Å². The summed E-state index contributed by atoms with van der Waals surface area (Å²) < 4.78 is 78.2. The second-order valence-corrected chi connectivity index (χ2v) is 36.1. The fourth-order valence-corrected chi connectivity index (χ4v) is 21.4. The molecule has 4 aromatic rings. The number of aromatic carboxylic acids is 1. The number of hydrogen-bond donors (Lipinski definition) is 3. The maximum Gasteiger partial charge on any atom is 1.00 e. The SMILES string of the molecule is CC1(C)OC(=O)c2cccc(/C=C\B3OC4CC5CC(C5(C)C)[C@]4(C)O3)c2O1.CC1(C)OC(=O)c2cccc([C@@H]3C[C@@H]3B3OC4CC5CC(C5(C)C)[C@]4(C)O3)c2O1.CC1(C)OC(=O)c2cccc([C@H]3C[C@H]3B3OC4CC5CC(C5(C)C)[C@]4(C)O3)c2O1.O=C(O)c1cccc2c1O[B-](O)(O)[C@@H]1C[C@H]21.[Na+].[Na+]. The Morgan fingerprint density at radius 1 is 0.452 bits per heavy atom. The maximum atomic E-state index is 12.4. The number of benzene rings is 4. The van der Waals surface area contributed by atoms with Crippen LogP contribution in [0.2, 0.25) is 17.5 Å². The number of fused-ring (bicyclic) bond motifs is 6. The van der Waals surface area contributed by atoms with Gasteiger partial charge in [0.25, 0.3) is 0 Å². The van der Waals surface area contributed by atoms with Gasteiger partial charge < -0.3 is 76.2 Å². The van der Waals surface area contributed by atoms with Gasteiger partial charge >= 0.3 is 111 Å². The zero-order chi connectivity index (χ0) is 72.1. The van der Waals surface area contributed by atoms with Crippen molar-refractivity contribution in [2.45, 2.75) is 249 Å². The summed E-state index contributed by atoms with van der Waals surface area (Å²) in [6.45, 7) is 28.7. The molecule has 104 heavy (non-hydrogen) atoms. The van der Waals surface area contributed by atoms with Gasteiger partial charge in [0.1, 0.15) is 33.9 Å². The van der Waals surface area contributed by atoms with Crippen molar-refractivity contribution in [3.8, 4) is 23.0 Å². The standard InChI is InChI=1S/2C23H29BO5.C22H27BO5.C10H10BO5.2Na/c2*1-21(2)12-9-17(21)23(5)18(10-12)28-24(29-23)16-11-15(16)13-7-6-8-14-19(13)26-22(3,4)27-20(14)25;1-20(2)14-11-16(20)22(5)17(12-14)27-23(28-22)10-9-13-7-6-8-15-18(13)25-21(3,4)26-19(15)24;12-10(13)6-3-1-2-5-7-4-8(7)11(14,15)16-9(5)6;;/h2*6-8,12,15-18H,9-11H2,1-5H3;6-10,14,16-17H,11-12H2,1-5H3;1-3,7-8,14-15H,4H2,(H,12,13);;/q;;;-1;2*+1/b;;10-9-;;;/t12?,15-,16-,17?,18?,23+;12?,15-,16-,17?,18?,23-;14?,16?,17?,22-;7-,8-;;/m1001../s1. The predicted molar refractivity (Wildman–Crippen MR) is 377 cm³/mol. The van der Waals surface area contributed by atoms with Gasteiger partial charge in [0, 0.05) is 58.7 Å². The summed E-state index contributed by atoms with van der Waals surface area (Å²) in [7, 11) is -0.710. The minimum absolute atomic E-state index is 0. The number of carbonyl (C=O) groups is 4. The molecule has 12 saturated carbocycles. The van der Waals surface area contributed by atoms with Crippen LogP contribution in [0, 0.1) is 51.8 Å². The van der Waals surface area contributed by atoms with Gasteiger partial charge in [0.2, 0.25) is 17.4 Å². The zero-order valence-electron chi connectivity index (χ0n) is 63.2. The Kier molecular flexibility index (Phi) is 18.1. The first kappa shape index (κ1) is 75.1. The fraction of sp³-hybridized carbons (Fsp3) is 0.615. The Morgan fingerprint density at radius 3 is 1.27 bits per heavy atom. The first-order valence-electron chi connectivity index (χ1n) is 37.3. The van der Waals surface area contributed by atoms with Crippen molar-refractivity contribution in [2.24, 2.45) is 51.8 Å². The minimum Gasteiger partial charge on any atom is -0.669 e. The van der Waals surface area contributed by atoms with Gasteiger partial charge in [-0.05, 0) is 183 Å². The van der Waals surface area contributed by atoms with Crippen LogP contribution in [0.5, 0.6) is 23.0 Å². The van der Waals surface area contributed by atoms with Crippen LogP contribution in [0.4, 0.5) is 0 Å². The molecule has 0 radical (unpaired) electrons. The van der Waals surface area contributed by atoms with E-state index in [-0.39, 0.29) is 157 Å². The summed E-state index contributed by atoms with van der Waals surface area (Å²) in [5.41, 5.74) is 5.66. The van der Waals surface area contributed by atoms with Crippen LogP contribution in [0.25, 0.3) is 6.08 Å². The van der Waals surface area contributed by atoms with Crippen molar-refractivity contribution in [1.82, 2.24) is 0 Å². The number of ether oxygens (including phenoxy) is 6. The van der Waals surface area contributed by atoms with E-state index in [1.807, 2.05) is 36.3 Å². The van der Waals surface area contributed by atoms with E-state index in [1.165, 1.54) is 25.3 Å². The second-order valence-electron chi connectivity index (χ2n) is 36.1. The molecular formula is C78H95B4Na2O20+. The molecule has 3 N–H and O–H groups in total. The van der Waals surface area contributed by atoms with Crippen molar-refractivity contribution in [3.63, 3.8) is 0 Å². The molecule has 23 rings (SSSR count). The van der Waals surface area contributed by atoms with Crippen molar-refractivity contribution in [1.29, 1.82) is 0 Å². The summed E-state index contributed by atoms with van der Waals surface area (Å²) in [6, 6.07) is 21.8. The second kappa shape index (κ2) is 25.1. The Bertz CT molecular complexity index is 4090. The summed E-state index contributed by atoms with van der Waals surface area (Å²) in [5.74, 6) is 3.82. The van der Waals surface area contributed by atoms with Crippen molar-refractivity contribution in [3.05, 3.63) is 123 Å². The monoisotopic (exact) mass is 1440 g/mol. The fourth-order valence-electron chi connectivity index (χ4n) is 21.4. The molecule has 0 aromatic heterocycles. The molecule has 18 atom stereocenters. The van der Waals surface area contributed by atoms with Crippen LogP contribution in [-0.4, -0.2) is 120 Å². The van der Waals surface area contributed by atoms with E-state index >= 15 is 0 Å². The van der Waals surface area contributed by atoms with Gasteiger partial charge in [-0.15, -0.1) is 0 Å². The molecule has 6 bridgehead atoms. The van der Waals surface area contributed by atoms with Crippen LogP contribution in [0.1, 0.15) is 243 Å². The number of carboxylic acids is 1. The van der Waals surface area contributed by atoms with Crippen molar-refractivity contribution >= 4 is 58.1 Å². The molecule has 7 heterocycles. The smallest absolute Gasteiger partial charge is 0.669 e. The third-order valence-electron chi connectivity index (χ3n) is 27.7. The summed E-state index contributed by atoms with van der Waals surface area (Å²) in [5, 5.41) is 28.3. The predicted octanol–water partition coefficient (Wildman–Crippen LogP) is 7.93. The van der Waals surface area contributed by atoms with Gasteiger partial charge in [-0.25, -0.2) is 19.2 Å². The van der Waals surface area contributed by atoms with E-state index in [9.17, 15) is 29.2 Å².